The van der Waals surface area contributed by atoms with Gasteiger partial charge in [-0.3, -0.25) is 9.59 Å². The lowest BCUT2D eigenvalue weighted by atomic mass is 10.1. The minimum Gasteiger partial charge on any atom is -0.358 e. The Kier molecular flexibility index (Phi) is 4.89. The summed E-state index contributed by atoms with van der Waals surface area (Å²) in [5, 5.41) is 17.3. The highest BCUT2D eigenvalue weighted by molar-refractivity contribution is 9.10. The fourth-order valence-electron chi connectivity index (χ4n) is 1.90. The third-order valence-electron chi connectivity index (χ3n) is 3.16. The van der Waals surface area contributed by atoms with E-state index in [1.165, 1.54) is 11.6 Å². The first-order valence-electron chi connectivity index (χ1n) is 6.57. The third kappa shape index (κ3) is 3.81. The van der Waals surface area contributed by atoms with Crippen LogP contribution >= 0.6 is 15.9 Å². The molecule has 120 valence electrons. The van der Waals surface area contributed by atoms with E-state index in [0.29, 0.717) is 16.9 Å². The van der Waals surface area contributed by atoms with Crippen LogP contribution in [0.5, 0.6) is 0 Å². The van der Waals surface area contributed by atoms with Gasteiger partial charge in [-0.05, 0) is 59.0 Å². The highest BCUT2D eigenvalue weighted by Crippen LogP contribution is 2.26. The third-order valence-corrected chi connectivity index (χ3v) is 4.09. The average Bonchev–Trinajstić information content (AvgIpc) is 2.76. The predicted octanol–water partition coefficient (Wildman–Crippen LogP) is 2.70. The first-order valence-corrected chi connectivity index (χ1v) is 7.37. The largest absolute Gasteiger partial charge is 0.404 e. The highest BCUT2D eigenvalue weighted by atomic mass is 79.9. The molecule has 1 aromatic heterocycles. The minimum atomic E-state index is -0.619. The van der Waals surface area contributed by atoms with Gasteiger partial charge in [-0.25, -0.2) is 0 Å². The second-order valence-corrected chi connectivity index (χ2v) is 5.61. The molecule has 1 heterocycles. The fraction of sp³-hybridized carbons (Fsp3) is 0.214. The minimum absolute atomic E-state index is 0.0628. The Morgan fingerprint density at radius 1 is 1.35 bits per heavy atom. The number of carbonyl (C=O) groups excluding carboxylic acids is 2. The Morgan fingerprint density at radius 3 is 2.43 bits per heavy atom. The van der Waals surface area contributed by atoms with Crippen molar-refractivity contribution in [3.63, 3.8) is 0 Å². The number of nitrogens with zero attached hydrogens (tertiary/aromatic N) is 3. The van der Waals surface area contributed by atoms with Crippen molar-refractivity contribution >= 4 is 39.1 Å². The maximum atomic E-state index is 12.0. The summed E-state index contributed by atoms with van der Waals surface area (Å²) < 4.78 is 1.50. The molecule has 0 unspecified atom stereocenters. The van der Waals surface area contributed by atoms with Crippen LogP contribution in [0.4, 0.5) is 11.5 Å². The van der Waals surface area contributed by atoms with Gasteiger partial charge in [0.15, 0.2) is 5.78 Å². The molecule has 0 aliphatic carbocycles. The van der Waals surface area contributed by atoms with E-state index in [4.69, 9.17) is 0 Å². The lowest BCUT2D eigenvalue weighted by Gasteiger charge is -2.05. The van der Waals surface area contributed by atoms with Crippen LogP contribution in [0.15, 0.2) is 28.7 Å². The number of anilines is 1. The van der Waals surface area contributed by atoms with Crippen molar-refractivity contribution in [2.75, 3.05) is 5.32 Å². The molecule has 0 fully saturated rings. The molecule has 1 amide bonds. The van der Waals surface area contributed by atoms with E-state index < -0.39 is 4.92 Å². The fourth-order valence-corrected chi connectivity index (χ4v) is 2.33. The first kappa shape index (κ1) is 16.8. The van der Waals surface area contributed by atoms with E-state index in [9.17, 15) is 19.7 Å². The summed E-state index contributed by atoms with van der Waals surface area (Å²) in [6.45, 7) is 2.92. The molecule has 0 saturated carbocycles. The van der Waals surface area contributed by atoms with Gasteiger partial charge >= 0.3 is 5.82 Å². The van der Waals surface area contributed by atoms with Crippen LogP contribution in [0.25, 0.3) is 0 Å². The van der Waals surface area contributed by atoms with Crippen molar-refractivity contribution in [3.8, 4) is 0 Å². The summed E-state index contributed by atoms with van der Waals surface area (Å²) in [4.78, 5) is 33.4. The van der Waals surface area contributed by atoms with Crippen LogP contribution in [-0.2, 0) is 11.3 Å². The van der Waals surface area contributed by atoms with E-state index in [1.54, 1.807) is 31.2 Å². The van der Waals surface area contributed by atoms with E-state index in [2.05, 4.69) is 26.3 Å². The second-order valence-electron chi connectivity index (χ2n) is 4.82. The standard InChI is InChI=1S/C14H13BrN4O4/c1-8-13(15)14(19(22)23)17-18(8)7-12(21)16-11-5-3-10(4-6-11)9(2)20/h3-6H,7H2,1-2H3,(H,16,21). The van der Waals surface area contributed by atoms with Crippen molar-refractivity contribution in [1.82, 2.24) is 9.78 Å². The number of hydrogen-bond acceptors (Lipinski definition) is 5. The van der Waals surface area contributed by atoms with Crippen molar-refractivity contribution in [2.45, 2.75) is 20.4 Å². The molecule has 1 aromatic carbocycles. The number of aromatic nitrogens is 2. The van der Waals surface area contributed by atoms with Gasteiger partial charge in [0.25, 0.3) is 0 Å². The molecule has 2 rings (SSSR count). The number of Topliss-reactive ketones (excluding diaryl/α,β-unsaturated/α-hetero) is 1. The maximum absolute atomic E-state index is 12.0. The zero-order valence-corrected chi connectivity index (χ0v) is 14.0. The quantitative estimate of drug-likeness (QED) is 0.487. The Morgan fingerprint density at radius 2 is 1.96 bits per heavy atom. The number of carbonyl (C=O) groups is 2. The SMILES string of the molecule is CC(=O)c1ccc(NC(=O)Cn2nc([N+](=O)[O-])c(Br)c2C)cc1. The Balaban J connectivity index is 2.09. The average molecular weight is 381 g/mol. The smallest absolute Gasteiger partial charge is 0.358 e. The first-order chi connectivity index (χ1) is 10.8. The van der Waals surface area contributed by atoms with Crippen LogP contribution in [-0.4, -0.2) is 26.4 Å². The monoisotopic (exact) mass is 380 g/mol. The number of rotatable bonds is 5. The summed E-state index contributed by atoms with van der Waals surface area (Å²) in [5.41, 5.74) is 1.56. The number of hydrogen-bond donors (Lipinski definition) is 1. The van der Waals surface area contributed by atoms with Crippen molar-refractivity contribution in [3.05, 3.63) is 50.1 Å². The number of benzene rings is 1. The van der Waals surface area contributed by atoms with Gasteiger partial charge in [0.05, 0.1) is 10.8 Å². The molecule has 0 aliphatic heterocycles. The predicted molar refractivity (Wildman–Crippen MR) is 86.4 cm³/mol. The summed E-state index contributed by atoms with van der Waals surface area (Å²) >= 11 is 3.09. The van der Waals surface area contributed by atoms with Crippen LogP contribution in [0, 0.1) is 17.0 Å². The Hall–Kier alpha value is -2.55. The van der Waals surface area contributed by atoms with Crippen LogP contribution in [0.1, 0.15) is 23.0 Å². The zero-order valence-electron chi connectivity index (χ0n) is 12.4. The summed E-state index contributed by atoms with van der Waals surface area (Å²) in [5.74, 6) is -0.776. The lowest BCUT2D eigenvalue weighted by Crippen LogP contribution is -2.20. The Labute approximate surface area is 139 Å². The molecule has 0 saturated heterocycles. The zero-order chi connectivity index (χ0) is 17.1. The molecule has 23 heavy (non-hydrogen) atoms. The molecular weight excluding hydrogens is 368 g/mol. The molecule has 8 nitrogen and oxygen atoms in total. The molecule has 0 radical (unpaired) electrons. The van der Waals surface area contributed by atoms with E-state index in [1.807, 2.05) is 0 Å². The molecule has 2 aromatic rings. The molecule has 9 heteroatoms. The molecule has 0 bridgehead atoms. The number of ketones is 1. The summed E-state index contributed by atoms with van der Waals surface area (Å²) in [6, 6.07) is 6.45. The molecule has 0 atom stereocenters. The van der Waals surface area contributed by atoms with Gasteiger partial charge in [0.2, 0.25) is 5.91 Å². The number of amides is 1. The van der Waals surface area contributed by atoms with E-state index in [0.717, 1.165) is 0 Å². The molecule has 0 aliphatic rings. The van der Waals surface area contributed by atoms with Crippen molar-refractivity contribution in [1.29, 1.82) is 0 Å². The maximum Gasteiger partial charge on any atom is 0.404 e. The van der Waals surface area contributed by atoms with Gasteiger partial charge in [-0.2, -0.15) is 4.68 Å². The van der Waals surface area contributed by atoms with Crippen molar-refractivity contribution < 1.29 is 14.5 Å². The van der Waals surface area contributed by atoms with Crippen molar-refractivity contribution in [2.24, 2.45) is 0 Å². The van der Waals surface area contributed by atoms with E-state index in [-0.39, 0.29) is 28.5 Å². The van der Waals surface area contributed by atoms with Crippen LogP contribution in [0.3, 0.4) is 0 Å². The molecule has 0 spiro atoms. The Bertz CT molecular complexity index is 783. The van der Waals surface area contributed by atoms with Gasteiger partial charge in [0, 0.05) is 11.3 Å². The van der Waals surface area contributed by atoms with Gasteiger partial charge in [0.1, 0.15) is 11.0 Å². The number of nitro groups is 1. The normalized spacial score (nSPS) is 10.4. The van der Waals surface area contributed by atoms with Gasteiger partial charge in [-0.15, -0.1) is 0 Å². The van der Waals surface area contributed by atoms with Gasteiger partial charge < -0.3 is 15.4 Å². The van der Waals surface area contributed by atoms with Crippen LogP contribution < -0.4 is 5.32 Å². The second kappa shape index (κ2) is 6.69. The van der Waals surface area contributed by atoms with E-state index >= 15 is 0 Å². The molecular formula is C14H13BrN4O4. The lowest BCUT2D eigenvalue weighted by molar-refractivity contribution is -0.390. The summed E-state index contributed by atoms with van der Waals surface area (Å²) in [6.07, 6.45) is 0. The topological polar surface area (TPSA) is 107 Å². The number of halogens is 1. The number of nitrogens with one attached hydrogen (secondary N) is 1. The van der Waals surface area contributed by atoms with Crippen LogP contribution in [0.2, 0.25) is 0 Å². The molecule has 1 N–H and O–H groups in total. The van der Waals surface area contributed by atoms with Gasteiger partial charge in [-0.1, -0.05) is 0 Å². The highest BCUT2D eigenvalue weighted by Gasteiger charge is 2.24. The summed E-state index contributed by atoms with van der Waals surface area (Å²) in [7, 11) is 0.